The molecular weight excluding hydrogens is 877 g/mol. The first kappa shape index (κ1) is 67.6. The third-order valence-electron chi connectivity index (χ3n) is 12.9. The highest BCUT2D eigenvalue weighted by Gasteiger charge is 2.19. The lowest BCUT2D eigenvalue weighted by Gasteiger charge is -2.18. The van der Waals surface area contributed by atoms with Gasteiger partial charge >= 0.3 is 17.9 Å². The molecule has 71 heavy (non-hydrogen) atoms. The van der Waals surface area contributed by atoms with Gasteiger partial charge in [-0.2, -0.15) is 0 Å². The smallest absolute Gasteiger partial charge is 0.306 e. The van der Waals surface area contributed by atoms with E-state index in [1.807, 2.05) is 6.08 Å². The molecule has 0 heterocycles. The van der Waals surface area contributed by atoms with Gasteiger partial charge in [-0.1, -0.05) is 279 Å². The number of rotatable bonds is 54. The minimum Gasteiger partial charge on any atom is -0.462 e. The second-order valence-corrected chi connectivity index (χ2v) is 19.9. The predicted octanol–water partition coefficient (Wildman–Crippen LogP) is 20.3. The van der Waals surface area contributed by atoms with Crippen LogP contribution in [0.2, 0.25) is 0 Å². The standard InChI is InChI=1S/C65H112O6/c1-4-7-10-13-16-19-22-25-27-29-30-31-32-33-34-36-37-40-43-46-49-52-55-58-64(67)70-61-62(60-69-63(66)57-54-51-48-45-42-39-24-21-18-15-12-9-6-3)71-65(68)59-56-53-50-47-44-41-38-35-28-26-23-20-17-14-11-8-5-2/h8-9,11-12,17-18,20-21,26,28,39,42,48,51,62H,4-7,10,13-16,19,22-25,27,29-38,40-41,43-47,49-50,52-61H2,1-3H3/b11-8-,12-9-,20-17-,21-18-,28-26-,42-39-,51-48-. The van der Waals surface area contributed by atoms with Crippen molar-refractivity contribution in [3.8, 4) is 0 Å². The Balaban J connectivity index is 4.34. The van der Waals surface area contributed by atoms with Crippen molar-refractivity contribution >= 4 is 17.9 Å². The van der Waals surface area contributed by atoms with E-state index in [1.165, 1.54) is 154 Å². The van der Waals surface area contributed by atoms with Gasteiger partial charge in [-0.05, 0) is 77.0 Å². The lowest BCUT2D eigenvalue weighted by Crippen LogP contribution is -2.30. The van der Waals surface area contributed by atoms with E-state index in [1.54, 1.807) is 0 Å². The highest BCUT2D eigenvalue weighted by molar-refractivity contribution is 5.71. The molecule has 0 N–H and O–H groups in total. The third-order valence-corrected chi connectivity index (χ3v) is 12.9. The molecule has 0 saturated heterocycles. The summed E-state index contributed by atoms with van der Waals surface area (Å²) in [6, 6.07) is 0. The van der Waals surface area contributed by atoms with Gasteiger partial charge in [0.1, 0.15) is 13.2 Å². The molecule has 6 heteroatoms. The average Bonchev–Trinajstić information content (AvgIpc) is 3.37. The first-order valence-electron chi connectivity index (χ1n) is 30.1. The third kappa shape index (κ3) is 57.4. The van der Waals surface area contributed by atoms with Crippen LogP contribution in [0.4, 0.5) is 0 Å². The average molecular weight is 990 g/mol. The van der Waals surface area contributed by atoms with Crippen LogP contribution in [-0.2, 0) is 28.6 Å². The maximum Gasteiger partial charge on any atom is 0.306 e. The van der Waals surface area contributed by atoms with Crippen molar-refractivity contribution in [2.24, 2.45) is 0 Å². The van der Waals surface area contributed by atoms with Gasteiger partial charge in [0.05, 0.1) is 0 Å². The van der Waals surface area contributed by atoms with Gasteiger partial charge in [0.2, 0.25) is 0 Å². The predicted molar refractivity (Wildman–Crippen MR) is 307 cm³/mol. The van der Waals surface area contributed by atoms with E-state index in [0.29, 0.717) is 19.3 Å². The van der Waals surface area contributed by atoms with Crippen LogP contribution in [0.5, 0.6) is 0 Å². The molecule has 0 aromatic carbocycles. The first-order valence-corrected chi connectivity index (χ1v) is 30.1. The summed E-state index contributed by atoms with van der Waals surface area (Å²) >= 11 is 0. The van der Waals surface area contributed by atoms with E-state index in [9.17, 15) is 14.4 Å². The second kappa shape index (κ2) is 59.2. The van der Waals surface area contributed by atoms with Gasteiger partial charge in [-0.3, -0.25) is 14.4 Å². The molecule has 0 rings (SSSR count). The highest BCUT2D eigenvalue weighted by Crippen LogP contribution is 2.17. The van der Waals surface area contributed by atoms with Crippen LogP contribution in [0.25, 0.3) is 0 Å². The van der Waals surface area contributed by atoms with Crippen LogP contribution < -0.4 is 0 Å². The summed E-state index contributed by atoms with van der Waals surface area (Å²) in [7, 11) is 0. The number of unbranched alkanes of at least 4 members (excludes halogenated alkanes) is 29. The maximum atomic E-state index is 12.9. The quantitative estimate of drug-likeness (QED) is 0.0261. The SMILES string of the molecule is CC/C=C\C/C=C\C/C=C\C/C=C\CCC(=O)OCC(COC(=O)CCCCCCCCCCCCCCCCCCCCCCCCC)OC(=O)CCCCCCCCC/C=C\C/C=C\C/C=C\CC. The van der Waals surface area contributed by atoms with Crippen molar-refractivity contribution in [1.29, 1.82) is 0 Å². The fourth-order valence-electron chi connectivity index (χ4n) is 8.47. The molecule has 6 nitrogen and oxygen atoms in total. The number of hydrogen-bond donors (Lipinski definition) is 0. The molecule has 0 fully saturated rings. The van der Waals surface area contributed by atoms with Crippen molar-refractivity contribution < 1.29 is 28.6 Å². The minimum absolute atomic E-state index is 0.101. The fourth-order valence-corrected chi connectivity index (χ4v) is 8.47. The number of carbonyl (C=O) groups is 3. The number of hydrogen-bond acceptors (Lipinski definition) is 6. The minimum atomic E-state index is -0.810. The Hall–Kier alpha value is -3.41. The summed E-state index contributed by atoms with van der Waals surface area (Å²) in [5, 5.41) is 0. The zero-order chi connectivity index (χ0) is 51.4. The van der Waals surface area contributed by atoms with Crippen molar-refractivity contribution in [1.82, 2.24) is 0 Å². The van der Waals surface area contributed by atoms with E-state index in [-0.39, 0.29) is 37.5 Å². The number of esters is 3. The molecule has 0 aliphatic rings. The molecule has 0 aromatic heterocycles. The monoisotopic (exact) mass is 989 g/mol. The largest absolute Gasteiger partial charge is 0.462 e. The van der Waals surface area contributed by atoms with Gasteiger partial charge in [-0.15, -0.1) is 0 Å². The molecule has 1 atom stereocenters. The van der Waals surface area contributed by atoms with Crippen LogP contribution in [0.1, 0.15) is 290 Å². The fraction of sp³-hybridized carbons (Fsp3) is 0.738. The van der Waals surface area contributed by atoms with E-state index in [4.69, 9.17) is 14.2 Å². The normalized spacial score (nSPS) is 12.7. The van der Waals surface area contributed by atoms with E-state index >= 15 is 0 Å². The summed E-state index contributed by atoms with van der Waals surface area (Å²) in [4.78, 5) is 38.1. The Bertz CT molecular complexity index is 1370. The van der Waals surface area contributed by atoms with Crippen LogP contribution in [0.15, 0.2) is 85.1 Å². The van der Waals surface area contributed by atoms with Crippen molar-refractivity contribution in [3.05, 3.63) is 85.1 Å². The van der Waals surface area contributed by atoms with E-state index in [2.05, 4.69) is 99.8 Å². The molecule has 0 amide bonds. The molecule has 0 radical (unpaired) electrons. The molecule has 0 spiro atoms. The molecule has 408 valence electrons. The second-order valence-electron chi connectivity index (χ2n) is 19.9. The number of ether oxygens (including phenoxy) is 3. The Morgan fingerprint density at radius 2 is 0.577 bits per heavy atom. The Labute approximate surface area is 439 Å². The zero-order valence-corrected chi connectivity index (χ0v) is 46.7. The maximum absolute atomic E-state index is 12.9. The Kier molecular flexibility index (Phi) is 56.3. The zero-order valence-electron chi connectivity index (χ0n) is 46.7. The summed E-state index contributed by atoms with van der Waals surface area (Å²) < 4.78 is 16.8. The summed E-state index contributed by atoms with van der Waals surface area (Å²) in [6.45, 7) is 6.37. The van der Waals surface area contributed by atoms with Crippen molar-refractivity contribution in [2.45, 2.75) is 297 Å². The molecule has 0 bridgehead atoms. The van der Waals surface area contributed by atoms with E-state index < -0.39 is 6.10 Å². The van der Waals surface area contributed by atoms with Crippen LogP contribution in [0.3, 0.4) is 0 Å². The highest BCUT2D eigenvalue weighted by atomic mass is 16.6. The van der Waals surface area contributed by atoms with Crippen LogP contribution >= 0.6 is 0 Å². The van der Waals surface area contributed by atoms with Crippen LogP contribution in [0, 0.1) is 0 Å². The van der Waals surface area contributed by atoms with Gasteiger partial charge in [0.25, 0.3) is 0 Å². The Morgan fingerprint density at radius 3 is 0.944 bits per heavy atom. The summed E-state index contributed by atoms with van der Waals surface area (Å²) in [6.07, 6.45) is 77.5. The molecule has 0 aliphatic heterocycles. The molecule has 0 aromatic rings. The van der Waals surface area contributed by atoms with Gasteiger partial charge in [0.15, 0.2) is 6.10 Å². The molecule has 1 unspecified atom stereocenters. The van der Waals surface area contributed by atoms with Gasteiger partial charge < -0.3 is 14.2 Å². The number of carbonyl (C=O) groups excluding carboxylic acids is 3. The Morgan fingerprint density at radius 1 is 0.296 bits per heavy atom. The summed E-state index contributed by atoms with van der Waals surface area (Å²) in [5.41, 5.74) is 0. The lowest BCUT2D eigenvalue weighted by atomic mass is 10.0. The molecular formula is C65H112O6. The molecule has 0 saturated carbocycles. The van der Waals surface area contributed by atoms with Crippen LogP contribution in [-0.4, -0.2) is 37.2 Å². The van der Waals surface area contributed by atoms with Crippen molar-refractivity contribution in [2.75, 3.05) is 13.2 Å². The first-order chi connectivity index (χ1) is 35.0. The number of allylic oxidation sites excluding steroid dienone is 14. The topological polar surface area (TPSA) is 78.9 Å². The van der Waals surface area contributed by atoms with Crippen molar-refractivity contribution in [3.63, 3.8) is 0 Å². The van der Waals surface area contributed by atoms with E-state index in [0.717, 1.165) is 89.9 Å². The van der Waals surface area contributed by atoms with Gasteiger partial charge in [-0.25, -0.2) is 0 Å². The summed E-state index contributed by atoms with van der Waals surface area (Å²) in [5.74, 6) is -0.987. The lowest BCUT2D eigenvalue weighted by molar-refractivity contribution is -0.166. The molecule has 0 aliphatic carbocycles. The van der Waals surface area contributed by atoms with Gasteiger partial charge in [0, 0.05) is 19.3 Å².